The minimum absolute atomic E-state index is 0.109. The molecular weight excluding hydrogens is 226 g/mol. The summed E-state index contributed by atoms with van der Waals surface area (Å²) in [6, 6.07) is 8.00. The van der Waals surface area contributed by atoms with E-state index in [0.717, 1.165) is 25.1 Å². The molecule has 0 aliphatic heterocycles. The van der Waals surface area contributed by atoms with Crippen LogP contribution in [-0.2, 0) is 6.54 Å². The summed E-state index contributed by atoms with van der Waals surface area (Å²) in [5.41, 5.74) is 2.13. The Kier molecular flexibility index (Phi) is 7.12. The fraction of sp³-hybridized carbons (Fsp3) is 0.467. The molecule has 1 aromatic rings. The predicted octanol–water partition coefficient (Wildman–Crippen LogP) is 1.23. The maximum atomic E-state index is 9.00. The van der Waals surface area contributed by atoms with Crippen molar-refractivity contribution in [3.8, 4) is 11.8 Å². The van der Waals surface area contributed by atoms with Crippen LogP contribution >= 0.6 is 0 Å². The second kappa shape index (κ2) is 8.71. The minimum atomic E-state index is -0.109. The number of rotatable bonds is 6. The van der Waals surface area contributed by atoms with Crippen molar-refractivity contribution in [2.75, 3.05) is 26.3 Å². The molecule has 2 N–H and O–H groups in total. The van der Waals surface area contributed by atoms with E-state index in [1.807, 2.05) is 24.3 Å². The highest BCUT2D eigenvalue weighted by atomic mass is 16.3. The summed E-state index contributed by atoms with van der Waals surface area (Å²) in [5, 5.41) is 17.6. The number of aliphatic hydroxyl groups excluding tert-OH is 2. The van der Waals surface area contributed by atoms with Crippen LogP contribution in [-0.4, -0.2) is 41.4 Å². The summed E-state index contributed by atoms with van der Waals surface area (Å²) >= 11 is 0. The van der Waals surface area contributed by atoms with Gasteiger partial charge < -0.3 is 10.2 Å². The van der Waals surface area contributed by atoms with E-state index in [1.54, 1.807) is 0 Å². The Bertz CT molecular complexity index is 383. The smallest absolute Gasteiger partial charge is 0.104 e. The maximum absolute atomic E-state index is 9.00. The van der Waals surface area contributed by atoms with Crippen molar-refractivity contribution in [1.29, 1.82) is 0 Å². The average molecular weight is 247 g/mol. The number of benzene rings is 1. The fourth-order valence-electron chi connectivity index (χ4n) is 1.82. The number of nitrogens with zero attached hydrogens (tertiary/aromatic N) is 1. The van der Waals surface area contributed by atoms with Gasteiger partial charge >= 0.3 is 0 Å². The summed E-state index contributed by atoms with van der Waals surface area (Å²) in [5.74, 6) is 5.50. The second-order valence-corrected chi connectivity index (χ2v) is 4.16. The standard InChI is InChI=1S/C15H21NO2/c1-2-9-16(10-12-18)13-15-7-5-14(6-8-15)4-3-11-17/h5-8,17-18H,2,9-13H2,1H3. The van der Waals surface area contributed by atoms with E-state index in [-0.39, 0.29) is 13.2 Å². The number of hydrogen-bond donors (Lipinski definition) is 2. The summed E-state index contributed by atoms with van der Waals surface area (Å²) in [6.45, 7) is 4.77. The van der Waals surface area contributed by atoms with Crippen LogP contribution in [0.1, 0.15) is 24.5 Å². The summed E-state index contributed by atoms with van der Waals surface area (Å²) < 4.78 is 0. The van der Waals surface area contributed by atoms with Gasteiger partial charge in [0.15, 0.2) is 0 Å². The number of hydrogen-bond acceptors (Lipinski definition) is 3. The van der Waals surface area contributed by atoms with Crippen LogP contribution in [0.4, 0.5) is 0 Å². The Morgan fingerprint density at radius 2 is 1.83 bits per heavy atom. The molecule has 0 saturated heterocycles. The molecule has 1 rings (SSSR count). The lowest BCUT2D eigenvalue weighted by atomic mass is 10.1. The zero-order valence-electron chi connectivity index (χ0n) is 10.9. The van der Waals surface area contributed by atoms with E-state index >= 15 is 0 Å². The highest BCUT2D eigenvalue weighted by molar-refractivity contribution is 5.36. The molecule has 0 aliphatic rings. The van der Waals surface area contributed by atoms with Gasteiger partial charge in [0.2, 0.25) is 0 Å². The van der Waals surface area contributed by atoms with Crippen LogP contribution in [0.15, 0.2) is 24.3 Å². The fourth-order valence-corrected chi connectivity index (χ4v) is 1.82. The van der Waals surface area contributed by atoms with Crippen molar-refractivity contribution in [3.63, 3.8) is 0 Å². The lowest BCUT2D eigenvalue weighted by molar-refractivity contribution is 0.190. The normalized spacial score (nSPS) is 10.2. The summed E-state index contributed by atoms with van der Waals surface area (Å²) in [4.78, 5) is 2.23. The molecule has 0 amide bonds. The van der Waals surface area contributed by atoms with Gasteiger partial charge in [0.1, 0.15) is 6.61 Å². The van der Waals surface area contributed by atoms with E-state index in [2.05, 4.69) is 23.7 Å². The Hall–Kier alpha value is -1.34. The molecule has 0 unspecified atom stereocenters. The van der Waals surface area contributed by atoms with Crippen molar-refractivity contribution in [2.24, 2.45) is 0 Å². The van der Waals surface area contributed by atoms with Crippen LogP contribution < -0.4 is 0 Å². The third kappa shape index (κ3) is 5.33. The van der Waals surface area contributed by atoms with E-state index in [1.165, 1.54) is 5.56 Å². The van der Waals surface area contributed by atoms with E-state index in [4.69, 9.17) is 10.2 Å². The van der Waals surface area contributed by atoms with E-state index in [0.29, 0.717) is 6.54 Å². The van der Waals surface area contributed by atoms with Crippen molar-refractivity contribution in [1.82, 2.24) is 4.90 Å². The highest BCUT2D eigenvalue weighted by Crippen LogP contribution is 2.07. The lowest BCUT2D eigenvalue weighted by Crippen LogP contribution is -2.27. The van der Waals surface area contributed by atoms with Gasteiger partial charge in [0.25, 0.3) is 0 Å². The molecule has 0 heterocycles. The van der Waals surface area contributed by atoms with Crippen molar-refractivity contribution in [2.45, 2.75) is 19.9 Å². The van der Waals surface area contributed by atoms with Crippen LogP contribution in [0.5, 0.6) is 0 Å². The third-order valence-electron chi connectivity index (χ3n) is 2.63. The Morgan fingerprint density at radius 1 is 1.11 bits per heavy atom. The highest BCUT2D eigenvalue weighted by Gasteiger charge is 2.03. The molecule has 0 spiro atoms. The van der Waals surface area contributed by atoms with Gasteiger partial charge in [-0.25, -0.2) is 0 Å². The SMILES string of the molecule is CCCN(CCO)Cc1ccc(C#CCO)cc1. The molecule has 98 valence electrons. The summed E-state index contributed by atoms with van der Waals surface area (Å²) in [7, 11) is 0. The molecule has 0 bridgehead atoms. The maximum Gasteiger partial charge on any atom is 0.104 e. The molecule has 18 heavy (non-hydrogen) atoms. The summed E-state index contributed by atoms with van der Waals surface area (Å²) in [6.07, 6.45) is 1.08. The molecule has 3 heteroatoms. The van der Waals surface area contributed by atoms with Gasteiger partial charge in [-0.3, -0.25) is 4.90 Å². The molecule has 0 aliphatic carbocycles. The molecule has 0 saturated carbocycles. The van der Waals surface area contributed by atoms with Crippen LogP contribution in [0.2, 0.25) is 0 Å². The van der Waals surface area contributed by atoms with Crippen molar-refractivity contribution in [3.05, 3.63) is 35.4 Å². The van der Waals surface area contributed by atoms with Gasteiger partial charge in [-0.2, -0.15) is 0 Å². The third-order valence-corrected chi connectivity index (χ3v) is 2.63. The lowest BCUT2D eigenvalue weighted by Gasteiger charge is -2.20. The largest absolute Gasteiger partial charge is 0.395 e. The Morgan fingerprint density at radius 3 is 2.39 bits per heavy atom. The molecular formula is C15H21NO2. The zero-order chi connectivity index (χ0) is 13.2. The van der Waals surface area contributed by atoms with E-state index in [9.17, 15) is 0 Å². The van der Waals surface area contributed by atoms with Gasteiger partial charge in [0, 0.05) is 18.7 Å². The zero-order valence-corrected chi connectivity index (χ0v) is 10.9. The average Bonchev–Trinajstić information content (AvgIpc) is 2.38. The first-order valence-electron chi connectivity index (χ1n) is 6.32. The molecule has 0 atom stereocenters. The predicted molar refractivity (Wildman–Crippen MR) is 73.1 cm³/mol. The first kappa shape index (κ1) is 14.7. The molecule has 3 nitrogen and oxygen atoms in total. The van der Waals surface area contributed by atoms with Crippen LogP contribution in [0.3, 0.4) is 0 Å². The van der Waals surface area contributed by atoms with Gasteiger partial charge in [-0.15, -0.1) is 0 Å². The van der Waals surface area contributed by atoms with Gasteiger partial charge in [0.05, 0.1) is 6.61 Å². The first-order valence-corrected chi connectivity index (χ1v) is 6.32. The molecule has 0 aromatic heterocycles. The monoisotopic (exact) mass is 247 g/mol. The van der Waals surface area contributed by atoms with Gasteiger partial charge in [-0.05, 0) is 30.7 Å². The van der Waals surface area contributed by atoms with Crippen molar-refractivity contribution < 1.29 is 10.2 Å². The minimum Gasteiger partial charge on any atom is -0.395 e. The van der Waals surface area contributed by atoms with Crippen LogP contribution in [0, 0.1) is 11.8 Å². The van der Waals surface area contributed by atoms with E-state index < -0.39 is 0 Å². The molecule has 1 aromatic carbocycles. The molecule has 0 fully saturated rings. The topological polar surface area (TPSA) is 43.7 Å². The van der Waals surface area contributed by atoms with Gasteiger partial charge in [-0.1, -0.05) is 30.9 Å². The Balaban J connectivity index is 2.60. The quantitative estimate of drug-likeness (QED) is 0.743. The number of aliphatic hydroxyl groups is 2. The van der Waals surface area contributed by atoms with Crippen molar-refractivity contribution >= 4 is 0 Å². The Labute approximate surface area is 109 Å². The van der Waals surface area contributed by atoms with Crippen LogP contribution in [0.25, 0.3) is 0 Å². The first-order chi connectivity index (χ1) is 8.80. The molecule has 0 radical (unpaired) electrons. The second-order valence-electron chi connectivity index (χ2n) is 4.16.